The third kappa shape index (κ3) is 3.79. The first-order valence-corrected chi connectivity index (χ1v) is 5.83. The second-order valence-corrected chi connectivity index (χ2v) is 3.78. The zero-order chi connectivity index (χ0) is 12.6. The van der Waals surface area contributed by atoms with E-state index >= 15 is 0 Å². The number of ether oxygens (including phenoxy) is 2. The highest BCUT2D eigenvalue weighted by Gasteiger charge is 1.96. The summed E-state index contributed by atoms with van der Waals surface area (Å²) in [5, 5.41) is 3.30. The fourth-order valence-corrected chi connectivity index (χ4v) is 1.51. The van der Waals surface area contributed by atoms with Crippen LogP contribution < -0.4 is 10.1 Å². The van der Waals surface area contributed by atoms with Crippen LogP contribution in [0, 0.1) is 6.07 Å². The normalized spacial score (nSPS) is 10.1. The molecular weight excluding hydrogens is 226 g/mol. The maximum Gasteiger partial charge on any atom is 0.119 e. The second kappa shape index (κ2) is 6.67. The van der Waals surface area contributed by atoms with Gasteiger partial charge in [0.1, 0.15) is 12.4 Å². The summed E-state index contributed by atoms with van der Waals surface area (Å²) in [7, 11) is 1.66. The Morgan fingerprint density at radius 1 is 0.944 bits per heavy atom. The molecule has 93 valence electrons. The molecule has 0 spiro atoms. The molecule has 0 heterocycles. The zero-order valence-corrected chi connectivity index (χ0v) is 10.3. The molecule has 0 saturated carbocycles. The van der Waals surface area contributed by atoms with Crippen LogP contribution in [0.15, 0.2) is 48.5 Å². The van der Waals surface area contributed by atoms with E-state index in [1.165, 1.54) is 0 Å². The Hall–Kier alpha value is -2.00. The topological polar surface area (TPSA) is 30.5 Å². The van der Waals surface area contributed by atoms with Crippen LogP contribution in [0.25, 0.3) is 0 Å². The Labute approximate surface area is 107 Å². The van der Waals surface area contributed by atoms with Crippen LogP contribution in [0.3, 0.4) is 0 Å². The van der Waals surface area contributed by atoms with E-state index in [-0.39, 0.29) is 0 Å². The molecule has 2 aromatic rings. The highest BCUT2D eigenvalue weighted by Crippen LogP contribution is 2.19. The number of nitrogens with one attached hydrogen (secondary N) is 1. The van der Waals surface area contributed by atoms with Crippen LogP contribution >= 0.6 is 0 Å². The SMILES string of the molecule is COCCOc1ccc(Nc2cc[c]cc2)cc1. The number of methoxy groups -OCH3 is 1. The number of anilines is 2. The van der Waals surface area contributed by atoms with Crippen molar-refractivity contribution in [1.82, 2.24) is 0 Å². The summed E-state index contributed by atoms with van der Waals surface area (Å²) >= 11 is 0. The number of hydrogen-bond donors (Lipinski definition) is 1. The summed E-state index contributed by atoms with van der Waals surface area (Å²) in [5.41, 5.74) is 2.07. The van der Waals surface area contributed by atoms with Gasteiger partial charge in [-0.1, -0.05) is 12.1 Å². The van der Waals surface area contributed by atoms with Crippen molar-refractivity contribution in [2.45, 2.75) is 0 Å². The molecule has 0 amide bonds. The van der Waals surface area contributed by atoms with Crippen molar-refractivity contribution >= 4 is 11.4 Å². The van der Waals surface area contributed by atoms with Crippen LogP contribution in [0.4, 0.5) is 11.4 Å². The van der Waals surface area contributed by atoms with Crippen molar-refractivity contribution in [2.24, 2.45) is 0 Å². The number of rotatable bonds is 6. The molecule has 0 bridgehead atoms. The lowest BCUT2D eigenvalue weighted by molar-refractivity contribution is 0.146. The summed E-state index contributed by atoms with van der Waals surface area (Å²) < 4.78 is 10.4. The van der Waals surface area contributed by atoms with Crippen molar-refractivity contribution < 1.29 is 9.47 Å². The van der Waals surface area contributed by atoms with Crippen molar-refractivity contribution in [1.29, 1.82) is 0 Å². The monoisotopic (exact) mass is 242 g/mol. The van der Waals surface area contributed by atoms with Gasteiger partial charge in [-0.05, 0) is 42.5 Å². The first-order chi connectivity index (χ1) is 8.88. The van der Waals surface area contributed by atoms with E-state index in [9.17, 15) is 0 Å². The van der Waals surface area contributed by atoms with Gasteiger partial charge in [0.15, 0.2) is 0 Å². The Kier molecular flexibility index (Phi) is 4.61. The van der Waals surface area contributed by atoms with Gasteiger partial charge in [0.2, 0.25) is 0 Å². The van der Waals surface area contributed by atoms with E-state index in [1.807, 2.05) is 48.5 Å². The number of hydrogen-bond acceptors (Lipinski definition) is 3. The maximum atomic E-state index is 5.49. The van der Waals surface area contributed by atoms with Gasteiger partial charge in [-0.2, -0.15) is 0 Å². The molecule has 0 saturated heterocycles. The molecule has 2 aromatic carbocycles. The predicted octanol–water partition coefficient (Wildman–Crippen LogP) is 3.26. The third-order valence-electron chi connectivity index (χ3n) is 2.42. The molecule has 0 aliphatic heterocycles. The second-order valence-electron chi connectivity index (χ2n) is 3.78. The Balaban J connectivity index is 1.91. The standard InChI is InChI=1S/C15H16NO2/c1-17-11-12-18-15-9-7-14(8-10-15)16-13-5-3-2-4-6-13/h3-10,16H,11-12H2,1H3. The molecular formula is C15H16NO2. The zero-order valence-electron chi connectivity index (χ0n) is 10.3. The molecule has 0 aliphatic carbocycles. The molecule has 3 heteroatoms. The summed E-state index contributed by atoms with van der Waals surface area (Å²) in [6.45, 7) is 1.16. The van der Waals surface area contributed by atoms with E-state index in [2.05, 4.69) is 11.4 Å². The smallest absolute Gasteiger partial charge is 0.119 e. The van der Waals surface area contributed by atoms with Crippen molar-refractivity contribution in [3.63, 3.8) is 0 Å². The van der Waals surface area contributed by atoms with Gasteiger partial charge in [0.25, 0.3) is 0 Å². The lowest BCUT2D eigenvalue weighted by atomic mass is 10.2. The molecule has 0 aliphatic rings. The lowest BCUT2D eigenvalue weighted by Crippen LogP contribution is -2.04. The van der Waals surface area contributed by atoms with E-state index in [0.29, 0.717) is 13.2 Å². The van der Waals surface area contributed by atoms with Gasteiger partial charge in [-0.25, -0.2) is 0 Å². The summed E-state index contributed by atoms with van der Waals surface area (Å²) in [5.74, 6) is 0.846. The molecule has 0 fully saturated rings. The molecule has 0 atom stereocenters. The van der Waals surface area contributed by atoms with Crippen molar-refractivity contribution in [3.8, 4) is 5.75 Å². The van der Waals surface area contributed by atoms with Gasteiger partial charge >= 0.3 is 0 Å². The van der Waals surface area contributed by atoms with Crippen LogP contribution in [-0.4, -0.2) is 20.3 Å². The van der Waals surface area contributed by atoms with Gasteiger partial charge in [-0.3, -0.25) is 0 Å². The summed E-state index contributed by atoms with van der Waals surface area (Å²) in [4.78, 5) is 0. The van der Waals surface area contributed by atoms with Crippen molar-refractivity contribution in [2.75, 3.05) is 25.6 Å². The van der Waals surface area contributed by atoms with Crippen LogP contribution in [0.5, 0.6) is 5.75 Å². The molecule has 0 unspecified atom stereocenters. The first-order valence-electron chi connectivity index (χ1n) is 5.83. The minimum atomic E-state index is 0.567. The maximum absolute atomic E-state index is 5.49. The molecule has 2 rings (SSSR count). The average molecular weight is 242 g/mol. The van der Waals surface area contributed by atoms with Crippen molar-refractivity contribution in [3.05, 3.63) is 54.6 Å². The fraction of sp³-hybridized carbons (Fsp3) is 0.200. The largest absolute Gasteiger partial charge is 0.491 e. The Bertz CT molecular complexity index is 454. The quantitative estimate of drug-likeness (QED) is 0.789. The highest BCUT2D eigenvalue weighted by atomic mass is 16.5. The van der Waals surface area contributed by atoms with E-state index < -0.39 is 0 Å². The summed E-state index contributed by atoms with van der Waals surface area (Å²) in [6.07, 6.45) is 0. The van der Waals surface area contributed by atoms with Crippen LogP contribution in [0.2, 0.25) is 0 Å². The summed E-state index contributed by atoms with van der Waals surface area (Å²) in [6, 6.07) is 18.5. The average Bonchev–Trinajstić information content (AvgIpc) is 2.42. The van der Waals surface area contributed by atoms with Gasteiger partial charge < -0.3 is 14.8 Å². The Morgan fingerprint density at radius 2 is 1.61 bits per heavy atom. The minimum Gasteiger partial charge on any atom is -0.491 e. The van der Waals surface area contributed by atoms with Crippen LogP contribution in [-0.2, 0) is 4.74 Å². The molecule has 0 aromatic heterocycles. The van der Waals surface area contributed by atoms with Crippen LogP contribution in [0.1, 0.15) is 0 Å². The predicted molar refractivity (Wildman–Crippen MR) is 72.4 cm³/mol. The van der Waals surface area contributed by atoms with Gasteiger partial charge in [0, 0.05) is 18.5 Å². The number of benzene rings is 2. The lowest BCUT2D eigenvalue weighted by Gasteiger charge is -2.08. The minimum absolute atomic E-state index is 0.567. The van der Waals surface area contributed by atoms with E-state index in [0.717, 1.165) is 17.1 Å². The van der Waals surface area contributed by atoms with Gasteiger partial charge in [-0.15, -0.1) is 0 Å². The molecule has 1 N–H and O–H groups in total. The van der Waals surface area contributed by atoms with E-state index in [1.54, 1.807) is 7.11 Å². The van der Waals surface area contributed by atoms with Gasteiger partial charge in [0.05, 0.1) is 6.61 Å². The Morgan fingerprint density at radius 3 is 2.28 bits per heavy atom. The van der Waals surface area contributed by atoms with E-state index in [4.69, 9.17) is 9.47 Å². The third-order valence-corrected chi connectivity index (χ3v) is 2.42. The molecule has 1 radical (unpaired) electrons. The molecule has 3 nitrogen and oxygen atoms in total. The highest BCUT2D eigenvalue weighted by molar-refractivity contribution is 5.59. The molecule has 18 heavy (non-hydrogen) atoms. The first kappa shape index (κ1) is 12.5. The fourth-order valence-electron chi connectivity index (χ4n) is 1.51.